The predicted octanol–water partition coefficient (Wildman–Crippen LogP) is 4.34. The van der Waals surface area contributed by atoms with Crippen LogP contribution in [0.4, 0.5) is 5.69 Å². The quantitative estimate of drug-likeness (QED) is 0.567. The van der Waals surface area contributed by atoms with Gasteiger partial charge in [-0.15, -0.1) is 0 Å². The minimum absolute atomic E-state index is 0.0303. The van der Waals surface area contributed by atoms with Gasteiger partial charge in [0, 0.05) is 16.1 Å². The van der Waals surface area contributed by atoms with Crippen LogP contribution in [0.5, 0.6) is 5.75 Å². The highest BCUT2D eigenvalue weighted by Gasteiger charge is 2.21. The van der Waals surface area contributed by atoms with Crippen LogP contribution in [-0.4, -0.2) is 30.0 Å². The molecule has 7 nitrogen and oxygen atoms in total. The van der Waals surface area contributed by atoms with Crippen molar-refractivity contribution in [3.05, 3.63) is 77.1 Å². The minimum Gasteiger partial charge on any atom is -0.488 e. The SMILES string of the molecule is CC(C)(C)Oc1ccc(S(=O)(=O)Nc2ccc(Cl)cc2C(=O)c2ccnnc2)cc1. The molecule has 0 saturated carbocycles. The van der Waals surface area contributed by atoms with Crippen molar-refractivity contribution in [1.82, 2.24) is 10.2 Å². The van der Waals surface area contributed by atoms with E-state index in [0.717, 1.165) is 0 Å². The Balaban J connectivity index is 1.91. The van der Waals surface area contributed by atoms with Gasteiger partial charge in [-0.25, -0.2) is 8.42 Å². The highest BCUT2D eigenvalue weighted by molar-refractivity contribution is 7.92. The summed E-state index contributed by atoms with van der Waals surface area (Å²) in [6.45, 7) is 5.70. The molecule has 0 fully saturated rings. The number of anilines is 1. The molecule has 1 aromatic heterocycles. The van der Waals surface area contributed by atoms with E-state index in [0.29, 0.717) is 10.8 Å². The molecule has 1 heterocycles. The third-order valence-electron chi connectivity index (χ3n) is 3.88. The number of carbonyl (C=O) groups is 1. The summed E-state index contributed by atoms with van der Waals surface area (Å²) < 4.78 is 33.9. The van der Waals surface area contributed by atoms with Gasteiger partial charge in [0.2, 0.25) is 0 Å². The van der Waals surface area contributed by atoms with Crippen molar-refractivity contribution < 1.29 is 17.9 Å². The average molecular weight is 446 g/mol. The fourth-order valence-corrected chi connectivity index (χ4v) is 3.87. The summed E-state index contributed by atoms with van der Waals surface area (Å²) in [5.41, 5.74) is 0.0679. The van der Waals surface area contributed by atoms with E-state index in [9.17, 15) is 13.2 Å². The topological polar surface area (TPSA) is 98.2 Å². The molecule has 0 unspecified atom stereocenters. The van der Waals surface area contributed by atoms with Crippen LogP contribution < -0.4 is 9.46 Å². The Bertz CT molecular complexity index is 1160. The Morgan fingerprint density at radius 3 is 2.33 bits per heavy atom. The maximum absolute atomic E-state index is 12.9. The van der Waals surface area contributed by atoms with Gasteiger partial charge in [-0.3, -0.25) is 9.52 Å². The van der Waals surface area contributed by atoms with Gasteiger partial charge in [-0.05, 0) is 69.3 Å². The van der Waals surface area contributed by atoms with Crippen LogP contribution in [0.2, 0.25) is 5.02 Å². The molecule has 2 aromatic carbocycles. The van der Waals surface area contributed by atoms with Gasteiger partial charge in [-0.2, -0.15) is 10.2 Å². The number of rotatable bonds is 6. The van der Waals surface area contributed by atoms with E-state index in [1.807, 2.05) is 20.8 Å². The molecule has 0 saturated heterocycles. The standard InChI is InChI=1S/C21H20ClN3O4S/c1-21(2,3)29-16-5-7-17(8-6-16)30(27,28)25-19-9-4-15(22)12-18(19)20(26)14-10-11-23-24-13-14/h4-13,25H,1-3H3. The van der Waals surface area contributed by atoms with Crippen molar-refractivity contribution in [1.29, 1.82) is 0 Å². The third kappa shape index (κ3) is 5.34. The van der Waals surface area contributed by atoms with Gasteiger partial charge >= 0.3 is 0 Å². The first-order valence-corrected chi connectivity index (χ1v) is 10.8. The number of sulfonamides is 1. The van der Waals surface area contributed by atoms with E-state index in [4.69, 9.17) is 16.3 Å². The van der Waals surface area contributed by atoms with E-state index >= 15 is 0 Å². The van der Waals surface area contributed by atoms with Crippen LogP contribution in [0.15, 0.2) is 65.8 Å². The van der Waals surface area contributed by atoms with Crippen molar-refractivity contribution in [2.24, 2.45) is 0 Å². The number of ether oxygens (including phenoxy) is 1. The molecule has 0 atom stereocenters. The second-order valence-electron chi connectivity index (χ2n) is 7.44. The zero-order valence-corrected chi connectivity index (χ0v) is 18.2. The average Bonchev–Trinajstić information content (AvgIpc) is 2.68. The van der Waals surface area contributed by atoms with Crippen LogP contribution in [-0.2, 0) is 10.0 Å². The number of carbonyl (C=O) groups excluding carboxylic acids is 1. The molecule has 3 aromatic rings. The Labute approximate surface area is 180 Å². The summed E-state index contributed by atoms with van der Waals surface area (Å²) in [7, 11) is -3.95. The molecule has 0 radical (unpaired) electrons. The Morgan fingerprint density at radius 1 is 1.03 bits per heavy atom. The lowest BCUT2D eigenvalue weighted by Crippen LogP contribution is -2.23. The lowest BCUT2D eigenvalue weighted by Gasteiger charge is -2.21. The molecular formula is C21H20ClN3O4S. The summed E-state index contributed by atoms with van der Waals surface area (Å²) in [4.78, 5) is 12.9. The van der Waals surface area contributed by atoms with Gasteiger partial charge in [0.25, 0.3) is 10.0 Å². The first-order chi connectivity index (χ1) is 14.0. The van der Waals surface area contributed by atoms with E-state index in [2.05, 4.69) is 14.9 Å². The van der Waals surface area contributed by atoms with Crippen LogP contribution in [0.25, 0.3) is 0 Å². The van der Waals surface area contributed by atoms with E-state index in [1.165, 1.54) is 48.8 Å². The first kappa shape index (κ1) is 21.7. The second kappa shape index (κ2) is 8.41. The number of benzene rings is 2. The number of ketones is 1. The number of hydrogen-bond donors (Lipinski definition) is 1. The zero-order valence-electron chi connectivity index (χ0n) is 16.6. The normalized spacial score (nSPS) is 11.7. The number of nitrogens with zero attached hydrogens (tertiary/aromatic N) is 2. The maximum Gasteiger partial charge on any atom is 0.261 e. The fourth-order valence-electron chi connectivity index (χ4n) is 2.62. The minimum atomic E-state index is -3.95. The van der Waals surface area contributed by atoms with Crippen molar-refractivity contribution in [2.75, 3.05) is 4.72 Å². The molecule has 0 aliphatic rings. The van der Waals surface area contributed by atoms with Gasteiger partial charge in [0.15, 0.2) is 5.78 Å². The Hall–Kier alpha value is -2.97. The Morgan fingerprint density at radius 2 is 1.73 bits per heavy atom. The van der Waals surface area contributed by atoms with Crippen LogP contribution in [0.3, 0.4) is 0 Å². The molecule has 3 rings (SSSR count). The lowest BCUT2D eigenvalue weighted by atomic mass is 10.0. The number of hydrogen-bond acceptors (Lipinski definition) is 6. The molecule has 0 aliphatic carbocycles. The van der Waals surface area contributed by atoms with E-state index in [1.54, 1.807) is 12.1 Å². The van der Waals surface area contributed by atoms with Gasteiger partial charge in [0.1, 0.15) is 11.4 Å². The molecule has 0 amide bonds. The van der Waals surface area contributed by atoms with Crippen molar-refractivity contribution in [2.45, 2.75) is 31.3 Å². The Kier molecular flexibility index (Phi) is 6.09. The number of nitrogens with one attached hydrogen (secondary N) is 1. The summed E-state index contributed by atoms with van der Waals surface area (Å²) in [5.74, 6) is 0.119. The third-order valence-corrected chi connectivity index (χ3v) is 5.49. The molecule has 1 N–H and O–H groups in total. The van der Waals surface area contributed by atoms with Crippen molar-refractivity contribution >= 4 is 33.1 Å². The molecule has 0 bridgehead atoms. The molecule has 30 heavy (non-hydrogen) atoms. The van der Waals surface area contributed by atoms with E-state index < -0.39 is 21.4 Å². The monoisotopic (exact) mass is 445 g/mol. The molecule has 9 heteroatoms. The molecule has 0 aliphatic heterocycles. The summed E-state index contributed by atoms with van der Waals surface area (Å²) in [6, 6.07) is 11.9. The molecule has 0 spiro atoms. The van der Waals surface area contributed by atoms with E-state index in [-0.39, 0.29) is 21.7 Å². The summed E-state index contributed by atoms with van der Waals surface area (Å²) in [5, 5.41) is 7.62. The number of halogens is 1. The van der Waals surface area contributed by atoms with Gasteiger partial charge in [0.05, 0.1) is 23.0 Å². The highest BCUT2D eigenvalue weighted by atomic mass is 35.5. The van der Waals surface area contributed by atoms with Crippen LogP contribution in [0, 0.1) is 0 Å². The second-order valence-corrected chi connectivity index (χ2v) is 9.56. The summed E-state index contributed by atoms with van der Waals surface area (Å²) in [6.07, 6.45) is 2.68. The van der Waals surface area contributed by atoms with Crippen LogP contribution >= 0.6 is 11.6 Å². The smallest absolute Gasteiger partial charge is 0.261 e. The fraction of sp³-hybridized carbons (Fsp3) is 0.190. The van der Waals surface area contributed by atoms with Crippen molar-refractivity contribution in [3.63, 3.8) is 0 Å². The van der Waals surface area contributed by atoms with Crippen LogP contribution in [0.1, 0.15) is 36.7 Å². The predicted molar refractivity (Wildman–Crippen MR) is 115 cm³/mol. The maximum atomic E-state index is 12.9. The summed E-state index contributed by atoms with van der Waals surface area (Å²) >= 11 is 6.04. The largest absolute Gasteiger partial charge is 0.488 e. The van der Waals surface area contributed by atoms with Gasteiger partial charge in [-0.1, -0.05) is 11.6 Å². The molecular weight excluding hydrogens is 426 g/mol. The number of aromatic nitrogens is 2. The zero-order chi connectivity index (χ0) is 21.9. The van der Waals surface area contributed by atoms with Gasteiger partial charge < -0.3 is 4.74 Å². The van der Waals surface area contributed by atoms with Crippen molar-refractivity contribution in [3.8, 4) is 5.75 Å². The molecule has 156 valence electrons. The first-order valence-electron chi connectivity index (χ1n) is 8.98. The lowest BCUT2D eigenvalue weighted by molar-refractivity contribution is 0.103. The highest BCUT2D eigenvalue weighted by Crippen LogP contribution is 2.27.